The lowest BCUT2D eigenvalue weighted by atomic mass is 9.85. The number of aromatic amines is 1. The minimum absolute atomic E-state index is 0.0755. The molecular weight excluding hydrogens is 342 g/mol. The molecule has 1 fully saturated rings. The molecule has 2 aromatic heterocycles. The quantitative estimate of drug-likeness (QED) is 0.655. The fourth-order valence-electron chi connectivity index (χ4n) is 3.71. The maximum Gasteiger partial charge on any atom is 0.232 e. The summed E-state index contributed by atoms with van der Waals surface area (Å²) in [5, 5.41) is 17.1. The Bertz CT molecular complexity index is 885. The number of H-pyrrole nitrogens is 1. The Kier molecular flexibility index (Phi) is 4.77. The largest absolute Gasteiger partial charge is 0.507 e. The molecule has 7 heteroatoms. The van der Waals surface area contributed by atoms with Crippen LogP contribution in [0.1, 0.15) is 26.2 Å². The molecule has 2 heterocycles. The Balaban J connectivity index is 1.49. The van der Waals surface area contributed by atoms with Gasteiger partial charge in [0.15, 0.2) is 0 Å². The number of aromatic nitrogens is 4. The second-order valence-electron chi connectivity index (χ2n) is 7.27. The fraction of sp³-hybridized carbons (Fsp3) is 0.350. The van der Waals surface area contributed by atoms with Crippen molar-refractivity contribution in [3.63, 3.8) is 0 Å². The molecule has 27 heavy (non-hydrogen) atoms. The van der Waals surface area contributed by atoms with E-state index in [4.69, 9.17) is 10.5 Å². The van der Waals surface area contributed by atoms with Gasteiger partial charge < -0.3 is 15.6 Å². The zero-order valence-electron chi connectivity index (χ0n) is 15.2. The number of nitrogens with one attached hydrogen (secondary N) is 1. The molecule has 1 aliphatic rings. The number of nitrogens with two attached hydrogens (primary N) is 1. The maximum atomic E-state index is 10.4. The molecule has 4 N–H and O–H groups in total. The van der Waals surface area contributed by atoms with E-state index in [1.54, 1.807) is 30.9 Å². The third-order valence-electron chi connectivity index (χ3n) is 4.96. The summed E-state index contributed by atoms with van der Waals surface area (Å²) in [4.78, 5) is 8.77. The minimum atomic E-state index is 0.0755. The number of benzene rings is 1. The van der Waals surface area contributed by atoms with Gasteiger partial charge in [-0.05, 0) is 42.9 Å². The lowest BCUT2D eigenvalue weighted by Gasteiger charge is -2.31. The number of rotatable bonds is 4. The third-order valence-corrected chi connectivity index (χ3v) is 4.96. The molecule has 3 aromatic rings. The first-order valence-corrected chi connectivity index (χ1v) is 9.15. The van der Waals surface area contributed by atoms with Crippen molar-refractivity contribution in [2.75, 3.05) is 0 Å². The summed E-state index contributed by atoms with van der Waals surface area (Å²) in [6.45, 7) is 2.19. The number of nitrogens with zero attached hydrogens (tertiary/aromatic N) is 3. The van der Waals surface area contributed by atoms with Crippen LogP contribution in [0.15, 0.2) is 43.0 Å². The van der Waals surface area contributed by atoms with Gasteiger partial charge in [0.2, 0.25) is 5.88 Å². The Hall–Kier alpha value is -2.93. The molecule has 1 aromatic carbocycles. The molecule has 0 radical (unpaired) electrons. The summed E-state index contributed by atoms with van der Waals surface area (Å²) in [7, 11) is 0. The van der Waals surface area contributed by atoms with Crippen molar-refractivity contribution in [3.8, 4) is 34.0 Å². The summed E-state index contributed by atoms with van der Waals surface area (Å²) >= 11 is 0. The van der Waals surface area contributed by atoms with Gasteiger partial charge in [0.1, 0.15) is 11.9 Å². The normalized spacial score (nSPS) is 22.5. The van der Waals surface area contributed by atoms with E-state index in [0.29, 0.717) is 23.1 Å². The Morgan fingerprint density at radius 3 is 2.67 bits per heavy atom. The lowest BCUT2D eigenvalue weighted by Crippen LogP contribution is -2.37. The first-order valence-electron chi connectivity index (χ1n) is 9.15. The van der Waals surface area contributed by atoms with E-state index >= 15 is 0 Å². The van der Waals surface area contributed by atoms with Crippen molar-refractivity contribution >= 4 is 0 Å². The van der Waals surface area contributed by atoms with Crippen LogP contribution in [0.4, 0.5) is 0 Å². The number of phenolic OH excluding ortho intramolecular Hbond substituents is 1. The fourth-order valence-corrected chi connectivity index (χ4v) is 3.71. The van der Waals surface area contributed by atoms with Crippen molar-refractivity contribution in [2.24, 2.45) is 11.7 Å². The van der Waals surface area contributed by atoms with Crippen LogP contribution in [0.3, 0.4) is 0 Å². The molecule has 0 amide bonds. The van der Waals surface area contributed by atoms with Crippen molar-refractivity contribution in [1.82, 2.24) is 20.2 Å². The molecule has 7 nitrogen and oxygen atoms in total. The minimum Gasteiger partial charge on any atom is -0.507 e. The smallest absolute Gasteiger partial charge is 0.232 e. The van der Waals surface area contributed by atoms with Gasteiger partial charge >= 0.3 is 0 Å². The highest BCUT2D eigenvalue weighted by molar-refractivity contribution is 5.73. The molecule has 0 bridgehead atoms. The monoisotopic (exact) mass is 365 g/mol. The molecule has 0 spiro atoms. The van der Waals surface area contributed by atoms with E-state index < -0.39 is 0 Å². The highest BCUT2D eigenvalue weighted by atomic mass is 16.5. The third kappa shape index (κ3) is 3.93. The van der Waals surface area contributed by atoms with Crippen LogP contribution < -0.4 is 10.5 Å². The number of ether oxygens (including phenoxy) is 1. The highest BCUT2D eigenvalue weighted by Crippen LogP contribution is 2.32. The number of phenols is 1. The molecular formula is C20H23N5O2. The van der Waals surface area contributed by atoms with Gasteiger partial charge in [-0.3, -0.25) is 5.10 Å². The van der Waals surface area contributed by atoms with Crippen molar-refractivity contribution < 1.29 is 9.84 Å². The zero-order valence-corrected chi connectivity index (χ0v) is 15.2. The summed E-state index contributed by atoms with van der Waals surface area (Å²) in [5.74, 6) is 1.18. The zero-order chi connectivity index (χ0) is 18.8. The van der Waals surface area contributed by atoms with Crippen LogP contribution in [0.2, 0.25) is 0 Å². The molecule has 1 unspecified atom stereocenters. The van der Waals surface area contributed by atoms with Crippen LogP contribution in [0, 0.1) is 5.92 Å². The second kappa shape index (κ2) is 7.36. The second-order valence-corrected chi connectivity index (χ2v) is 7.27. The van der Waals surface area contributed by atoms with E-state index in [1.807, 2.05) is 12.1 Å². The summed E-state index contributed by atoms with van der Waals surface area (Å²) in [6.07, 6.45) is 9.64. The molecule has 1 aliphatic carbocycles. The highest BCUT2D eigenvalue weighted by Gasteiger charge is 2.26. The maximum absolute atomic E-state index is 10.4. The number of hydrogen-bond acceptors (Lipinski definition) is 6. The first kappa shape index (κ1) is 17.5. The Morgan fingerprint density at radius 1 is 1.11 bits per heavy atom. The molecule has 0 saturated heterocycles. The van der Waals surface area contributed by atoms with Crippen LogP contribution in [-0.4, -0.2) is 37.4 Å². The van der Waals surface area contributed by atoms with Crippen LogP contribution in [-0.2, 0) is 0 Å². The van der Waals surface area contributed by atoms with E-state index in [-0.39, 0.29) is 17.9 Å². The molecule has 4 rings (SSSR count). The van der Waals surface area contributed by atoms with Gasteiger partial charge in [0, 0.05) is 23.4 Å². The number of aromatic hydroxyl groups is 1. The van der Waals surface area contributed by atoms with E-state index in [9.17, 15) is 5.11 Å². The van der Waals surface area contributed by atoms with E-state index in [0.717, 1.165) is 30.4 Å². The average Bonchev–Trinajstić information content (AvgIpc) is 3.16. The standard InChI is InChI=1S/C20H23N5O2/c1-12-4-15(21)7-16(5-12)27-20-11-22-18(10-23-20)17-3-2-13(6-19(17)26)14-8-24-25-9-14/h2-3,6,8-12,15-16,26H,4-5,7,21H2,1H3,(H,24,25)/t12?,15-,16+/m1/s1. The number of hydrogen-bond donors (Lipinski definition) is 3. The molecule has 3 atom stereocenters. The van der Waals surface area contributed by atoms with Crippen LogP contribution >= 0.6 is 0 Å². The van der Waals surface area contributed by atoms with E-state index in [2.05, 4.69) is 27.1 Å². The Labute approximate surface area is 157 Å². The molecule has 140 valence electrons. The van der Waals surface area contributed by atoms with Gasteiger partial charge in [-0.25, -0.2) is 9.97 Å². The van der Waals surface area contributed by atoms with Gasteiger partial charge in [0.05, 0.1) is 24.3 Å². The summed E-state index contributed by atoms with van der Waals surface area (Å²) in [6, 6.07) is 5.61. The first-order chi connectivity index (χ1) is 13.1. The van der Waals surface area contributed by atoms with Crippen molar-refractivity contribution in [3.05, 3.63) is 43.0 Å². The van der Waals surface area contributed by atoms with Crippen LogP contribution in [0.5, 0.6) is 11.6 Å². The van der Waals surface area contributed by atoms with Gasteiger partial charge in [-0.15, -0.1) is 0 Å². The predicted octanol–water partition coefficient (Wildman–Crippen LogP) is 3.13. The summed E-state index contributed by atoms with van der Waals surface area (Å²) in [5.41, 5.74) is 9.08. The molecule has 0 aliphatic heterocycles. The van der Waals surface area contributed by atoms with Crippen molar-refractivity contribution in [2.45, 2.75) is 38.3 Å². The molecule has 1 saturated carbocycles. The summed E-state index contributed by atoms with van der Waals surface area (Å²) < 4.78 is 5.96. The van der Waals surface area contributed by atoms with Gasteiger partial charge in [-0.2, -0.15) is 5.10 Å². The predicted molar refractivity (Wildman–Crippen MR) is 102 cm³/mol. The van der Waals surface area contributed by atoms with E-state index in [1.165, 1.54) is 0 Å². The Morgan fingerprint density at radius 2 is 2.00 bits per heavy atom. The van der Waals surface area contributed by atoms with Crippen LogP contribution in [0.25, 0.3) is 22.4 Å². The van der Waals surface area contributed by atoms with Gasteiger partial charge in [-0.1, -0.05) is 13.0 Å². The topological polar surface area (TPSA) is 110 Å². The SMILES string of the molecule is CC1C[C@@H](N)C[C@@H](Oc2cnc(-c3ccc(-c4cn[nH]c4)cc3O)cn2)C1. The van der Waals surface area contributed by atoms with Crippen molar-refractivity contribution in [1.29, 1.82) is 0 Å². The lowest BCUT2D eigenvalue weighted by molar-refractivity contribution is 0.112. The average molecular weight is 365 g/mol. The van der Waals surface area contributed by atoms with Gasteiger partial charge in [0.25, 0.3) is 0 Å².